The van der Waals surface area contributed by atoms with Crippen LogP contribution in [0, 0.1) is 13.8 Å². The van der Waals surface area contributed by atoms with Crippen LogP contribution < -0.4 is 24.7 Å². The summed E-state index contributed by atoms with van der Waals surface area (Å²) in [5.74, 6) is 2.35. The Morgan fingerprint density at radius 3 is 2.74 bits per heavy atom. The van der Waals surface area contributed by atoms with Crippen molar-refractivity contribution >= 4 is 33.0 Å². The van der Waals surface area contributed by atoms with Gasteiger partial charge in [0, 0.05) is 29.5 Å². The van der Waals surface area contributed by atoms with E-state index in [1.807, 2.05) is 19.1 Å². The number of nitrogens with two attached hydrogens (primary N) is 1. The largest absolute Gasteiger partial charge is 0.493 e. The van der Waals surface area contributed by atoms with Crippen molar-refractivity contribution in [3.63, 3.8) is 0 Å². The third kappa shape index (κ3) is 3.20. The van der Waals surface area contributed by atoms with E-state index >= 15 is 0 Å². The molecular formula is C22H23N3O5S. The number of nitrogen functional groups attached to an aromatic ring is 1. The molecular weight excluding hydrogens is 418 g/mol. The topological polar surface area (TPSA) is 97.4 Å². The molecule has 2 N–H and O–H groups in total. The molecule has 0 spiro atoms. The minimum absolute atomic E-state index is 0.136. The van der Waals surface area contributed by atoms with Gasteiger partial charge in [-0.1, -0.05) is 5.16 Å². The second-order valence-electron chi connectivity index (χ2n) is 7.62. The van der Waals surface area contributed by atoms with Gasteiger partial charge in [0.1, 0.15) is 16.6 Å². The van der Waals surface area contributed by atoms with Crippen molar-refractivity contribution in [3.8, 4) is 23.0 Å². The molecule has 0 bridgehead atoms. The SMILES string of the molecule is COc1cc(CC2CC(c3sc4nc(C)cc(C)c4c3N)=NO2)c(OC)c2c1OCO2. The van der Waals surface area contributed by atoms with Crippen LogP contribution in [0.15, 0.2) is 17.3 Å². The summed E-state index contributed by atoms with van der Waals surface area (Å²) in [4.78, 5) is 12.3. The maximum Gasteiger partial charge on any atom is 0.231 e. The quantitative estimate of drug-likeness (QED) is 0.640. The molecule has 2 aliphatic rings. The second-order valence-corrected chi connectivity index (χ2v) is 8.61. The zero-order chi connectivity index (χ0) is 21.7. The zero-order valence-corrected chi connectivity index (χ0v) is 18.6. The Labute approximate surface area is 183 Å². The van der Waals surface area contributed by atoms with Gasteiger partial charge in [0.15, 0.2) is 11.5 Å². The number of aryl methyl sites for hydroxylation is 2. The fourth-order valence-corrected chi connectivity index (χ4v) is 5.40. The molecule has 5 rings (SSSR count). The standard InChI is InChI=1S/C22H23N3O5S/c1-10-5-11(2)24-22-16(10)17(23)21(31-22)14-8-13(30-25-14)6-12-7-15(26-3)19-20(18(12)27-4)29-9-28-19/h5,7,13H,6,8-9,23H2,1-4H3. The molecule has 0 saturated heterocycles. The molecule has 9 heteroatoms. The lowest BCUT2D eigenvalue weighted by Gasteiger charge is -2.15. The Hall–Kier alpha value is -3.20. The number of thiophene rings is 1. The number of aromatic nitrogens is 1. The Morgan fingerprint density at radius 1 is 1.16 bits per heavy atom. The van der Waals surface area contributed by atoms with Crippen LogP contribution in [-0.4, -0.2) is 37.8 Å². The predicted molar refractivity (Wildman–Crippen MR) is 119 cm³/mol. The number of ether oxygens (including phenoxy) is 4. The zero-order valence-electron chi connectivity index (χ0n) is 17.8. The van der Waals surface area contributed by atoms with Crippen LogP contribution in [0.5, 0.6) is 23.0 Å². The first-order valence-corrected chi connectivity index (χ1v) is 10.7. The van der Waals surface area contributed by atoms with Crippen molar-refractivity contribution in [1.29, 1.82) is 0 Å². The number of nitrogens with zero attached hydrogens (tertiary/aromatic N) is 2. The number of oxime groups is 1. The maximum atomic E-state index is 6.48. The van der Waals surface area contributed by atoms with Crippen LogP contribution in [0.4, 0.5) is 5.69 Å². The lowest BCUT2D eigenvalue weighted by molar-refractivity contribution is 0.0853. The molecule has 8 nitrogen and oxygen atoms in total. The summed E-state index contributed by atoms with van der Waals surface area (Å²) in [6.07, 6.45) is 1.05. The first kappa shape index (κ1) is 19.7. The fraction of sp³-hybridized carbons (Fsp3) is 0.364. The molecule has 0 amide bonds. The average Bonchev–Trinajstić information content (AvgIpc) is 3.46. The van der Waals surface area contributed by atoms with Crippen LogP contribution >= 0.6 is 11.3 Å². The molecule has 0 saturated carbocycles. The van der Waals surface area contributed by atoms with Crippen molar-refractivity contribution in [2.45, 2.75) is 32.8 Å². The summed E-state index contributed by atoms with van der Waals surface area (Å²) in [6, 6.07) is 3.95. The predicted octanol–water partition coefficient (Wildman–Crippen LogP) is 3.98. The van der Waals surface area contributed by atoms with E-state index in [0.717, 1.165) is 43.3 Å². The van der Waals surface area contributed by atoms with Gasteiger partial charge in [0.05, 0.1) is 24.8 Å². The number of pyridine rings is 1. The minimum atomic E-state index is -0.158. The van der Waals surface area contributed by atoms with Crippen LogP contribution in [-0.2, 0) is 11.3 Å². The summed E-state index contributed by atoms with van der Waals surface area (Å²) in [5, 5.41) is 5.35. The van der Waals surface area contributed by atoms with Crippen molar-refractivity contribution < 1.29 is 23.8 Å². The third-order valence-electron chi connectivity index (χ3n) is 5.53. The average molecular weight is 442 g/mol. The third-order valence-corrected chi connectivity index (χ3v) is 6.68. The highest BCUT2D eigenvalue weighted by Crippen LogP contribution is 2.50. The monoisotopic (exact) mass is 441 g/mol. The van der Waals surface area contributed by atoms with Gasteiger partial charge in [0.25, 0.3) is 0 Å². The molecule has 162 valence electrons. The molecule has 0 aliphatic carbocycles. The van der Waals surface area contributed by atoms with Crippen LogP contribution in [0.25, 0.3) is 10.2 Å². The van der Waals surface area contributed by atoms with Gasteiger partial charge in [-0.3, -0.25) is 0 Å². The Kier molecular flexibility index (Phi) is 4.77. The minimum Gasteiger partial charge on any atom is -0.493 e. The summed E-state index contributed by atoms with van der Waals surface area (Å²) < 4.78 is 22.2. The van der Waals surface area contributed by atoms with Crippen LogP contribution in [0.2, 0.25) is 0 Å². The molecule has 1 aromatic carbocycles. The van der Waals surface area contributed by atoms with E-state index in [0.29, 0.717) is 35.8 Å². The van der Waals surface area contributed by atoms with Gasteiger partial charge in [0.2, 0.25) is 18.3 Å². The summed E-state index contributed by atoms with van der Waals surface area (Å²) in [6.45, 7) is 4.18. The molecule has 1 unspecified atom stereocenters. The molecule has 2 aliphatic heterocycles. The molecule has 31 heavy (non-hydrogen) atoms. The number of methoxy groups -OCH3 is 2. The summed E-state index contributed by atoms with van der Waals surface area (Å²) in [5.41, 5.74) is 11.0. The van der Waals surface area contributed by atoms with E-state index in [9.17, 15) is 0 Å². The van der Waals surface area contributed by atoms with Crippen molar-refractivity contribution in [1.82, 2.24) is 4.98 Å². The van der Waals surface area contributed by atoms with E-state index in [2.05, 4.69) is 17.1 Å². The number of rotatable bonds is 5. The van der Waals surface area contributed by atoms with E-state index < -0.39 is 0 Å². The number of hydrogen-bond donors (Lipinski definition) is 1. The molecule has 2 aromatic heterocycles. The van der Waals surface area contributed by atoms with E-state index in [-0.39, 0.29) is 12.9 Å². The second kappa shape index (κ2) is 7.49. The van der Waals surface area contributed by atoms with E-state index in [1.165, 1.54) is 0 Å². The smallest absolute Gasteiger partial charge is 0.231 e. The van der Waals surface area contributed by atoms with Crippen LogP contribution in [0.1, 0.15) is 28.1 Å². The van der Waals surface area contributed by atoms with Gasteiger partial charge in [-0.05, 0) is 31.5 Å². The molecule has 1 atom stereocenters. The maximum absolute atomic E-state index is 6.48. The fourth-order valence-electron chi connectivity index (χ4n) is 4.19. The van der Waals surface area contributed by atoms with Crippen molar-refractivity contribution in [3.05, 3.63) is 33.8 Å². The molecule has 3 aromatic rings. The molecule has 0 radical (unpaired) electrons. The summed E-state index contributed by atoms with van der Waals surface area (Å²) >= 11 is 1.56. The van der Waals surface area contributed by atoms with Gasteiger partial charge < -0.3 is 29.5 Å². The molecule has 0 fully saturated rings. The van der Waals surface area contributed by atoms with E-state index in [1.54, 1.807) is 25.6 Å². The summed E-state index contributed by atoms with van der Waals surface area (Å²) in [7, 11) is 3.21. The van der Waals surface area contributed by atoms with Gasteiger partial charge in [-0.25, -0.2) is 4.98 Å². The van der Waals surface area contributed by atoms with E-state index in [4.69, 9.17) is 29.5 Å². The lowest BCUT2D eigenvalue weighted by Crippen LogP contribution is -2.13. The number of benzene rings is 1. The normalized spacial score (nSPS) is 17.0. The number of anilines is 1. The highest BCUT2D eigenvalue weighted by atomic mass is 32.1. The lowest BCUT2D eigenvalue weighted by atomic mass is 10.0. The Bertz CT molecular complexity index is 1220. The first-order chi connectivity index (χ1) is 15.0. The van der Waals surface area contributed by atoms with Gasteiger partial charge in [-0.2, -0.15) is 0 Å². The Balaban J connectivity index is 1.42. The highest BCUT2D eigenvalue weighted by molar-refractivity contribution is 7.21. The number of fused-ring (bicyclic) bond motifs is 2. The first-order valence-electron chi connectivity index (χ1n) is 9.92. The van der Waals surface area contributed by atoms with Crippen LogP contribution in [0.3, 0.4) is 0 Å². The van der Waals surface area contributed by atoms with Gasteiger partial charge >= 0.3 is 0 Å². The highest BCUT2D eigenvalue weighted by Gasteiger charge is 2.31. The number of hydrogen-bond acceptors (Lipinski definition) is 9. The Morgan fingerprint density at radius 2 is 1.97 bits per heavy atom. The molecule has 4 heterocycles. The van der Waals surface area contributed by atoms with Gasteiger partial charge in [-0.15, -0.1) is 11.3 Å². The van der Waals surface area contributed by atoms with Crippen molar-refractivity contribution in [2.24, 2.45) is 5.16 Å². The van der Waals surface area contributed by atoms with Crippen molar-refractivity contribution in [2.75, 3.05) is 26.7 Å².